The van der Waals surface area contributed by atoms with Crippen LogP contribution >= 0.6 is 34.8 Å². The van der Waals surface area contributed by atoms with E-state index in [1.54, 1.807) is 54.2 Å². The van der Waals surface area contributed by atoms with Gasteiger partial charge in [-0.15, -0.1) is 0 Å². The van der Waals surface area contributed by atoms with Crippen molar-refractivity contribution in [1.29, 1.82) is 0 Å². The molecule has 1 amide bonds. The highest BCUT2D eigenvalue weighted by molar-refractivity contribution is 6.42. The Morgan fingerprint density at radius 1 is 1.04 bits per heavy atom. The molecule has 4 N–H and O–H groups in total. The van der Waals surface area contributed by atoms with E-state index in [1.807, 2.05) is 0 Å². The maximum Gasteiger partial charge on any atom is 0.225 e. The lowest BCUT2D eigenvalue weighted by molar-refractivity contribution is -0.121. The summed E-state index contributed by atoms with van der Waals surface area (Å²) in [5.74, 6) is 3.86. The summed E-state index contributed by atoms with van der Waals surface area (Å²) in [7, 11) is 1.72. The van der Waals surface area contributed by atoms with E-state index in [0.717, 1.165) is 6.07 Å². The fourth-order valence-electron chi connectivity index (χ4n) is 5.16. The smallest absolute Gasteiger partial charge is 0.225 e. The summed E-state index contributed by atoms with van der Waals surface area (Å²) in [6, 6.07) is 14.1. The number of pyridine rings is 1. The first kappa shape index (κ1) is 33.2. The molecule has 0 spiro atoms. The third-order valence-electron chi connectivity index (χ3n) is 7.09. The fourth-order valence-corrected chi connectivity index (χ4v) is 5.80. The molecule has 7 nitrogen and oxygen atoms in total. The van der Waals surface area contributed by atoms with Gasteiger partial charge in [0.1, 0.15) is 22.9 Å². The molecule has 46 heavy (non-hydrogen) atoms. The number of nitrogen functional groups attached to an aromatic ring is 1. The number of carbonyl (C=O) groups excluding carboxylic acids is 1. The molecule has 0 bridgehead atoms. The summed E-state index contributed by atoms with van der Waals surface area (Å²) in [5, 5.41) is 19.0. The van der Waals surface area contributed by atoms with Gasteiger partial charge in [-0.05, 0) is 73.7 Å². The molecule has 2 heterocycles. The molecule has 3 aromatic carbocycles. The van der Waals surface area contributed by atoms with Crippen molar-refractivity contribution >= 4 is 57.4 Å². The number of nitrogens with zero attached hydrogens (tertiary/aromatic N) is 3. The molecule has 0 unspecified atom stereocenters. The number of nitrogens with one attached hydrogen (secondary N) is 1. The van der Waals surface area contributed by atoms with Crippen LogP contribution in [0.1, 0.15) is 42.4 Å². The summed E-state index contributed by atoms with van der Waals surface area (Å²) in [5.41, 5.74) is 8.08. The van der Waals surface area contributed by atoms with Crippen molar-refractivity contribution in [3.8, 4) is 23.0 Å². The van der Waals surface area contributed by atoms with Crippen LogP contribution in [0.5, 0.6) is 0 Å². The summed E-state index contributed by atoms with van der Waals surface area (Å²) in [6.45, 7) is 3.07. The van der Waals surface area contributed by atoms with Crippen LogP contribution in [0.4, 0.5) is 14.6 Å². The van der Waals surface area contributed by atoms with Gasteiger partial charge >= 0.3 is 0 Å². The Morgan fingerprint density at radius 3 is 2.43 bits per heavy atom. The number of hydrogen-bond acceptors (Lipinski definition) is 5. The van der Waals surface area contributed by atoms with Gasteiger partial charge in [-0.2, -0.15) is 5.10 Å². The highest BCUT2D eigenvalue weighted by Gasteiger charge is 2.25. The molecule has 0 saturated heterocycles. The third-order valence-corrected chi connectivity index (χ3v) is 8.26. The number of nitrogens with two attached hydrogens (primary N) is 1. The zero-order valence-electron chi connectivity index (χ0n) is 24.9. The van der Waals surface area contributed by atoms with Crippen LogP contribution in [-0.2, 0) is 24.7 Å². The molecule has 0 radical (unpaired) electrons. The average Bonchev–Trinajstić information content (AvgIpc) is 3.27. The minimum atomic E-state index is -1.31. The highest BCUT2D eigenvalue weighted by atomic mass is 35.5. The SMILES string of the molecule is Cn1nc(N)c2c(Cl)ccc(-c3ccc(C#CC(C)(C)O)nc3[C@H](Cc3cc(F)cc(F)c3)NC(=O)Cc3cccc(Cl)c3Cl)c21. The first-order chi connectivity index (χ1) is 21.7. The van der Waals surface area contributed by atoms with E-state index >= 15 is 0 Å². The zero-order chi connectivity index (χ0) is 33.3. The Hall–Kier alpha value is -4.20. The molecule has 5 rings (SSSR count). The maximum atomic E-state index is 14.3. The second kappa shape index (κ2) is 13.3. The highest BCUT2D eigenvalue weighted by Crippen LogP contribution is 2.39. The molecule has 0 aliphatic rings. The van der Waals surface area contributed by atoms with Gasteiger partial charge in [0.25, 0.3) is 0 Å². The van der Waals surface area contributed by atoms with E-state index < -0.39 is 29.2 Å². The molecular weight excluding hydrogens is 655 g/mol. The number of fused-ring (bicyclic) bond motifs is 1. The number of aromatic nitrogens is 3. The van der Waals surface area contributed by atoms with Crippen LogP contribution in [0.3, 0.4) is 0 Å². The minimum Gasteiger partial charge on any atom is -0.382 e. The Bertz CT molecular complexity index is 2030. The van der Waals surface area contributed by atoms with Crippen LogP contribution in [-0.4, -0.2) is 31.4 Å². The van der Waals surface area contributed by atoms with Crippen LogP contribution in [0.2, 0.25) is 15.1 Å². The van der Waals surface area contributed by atoms with Crippen molar-refractivity contribution in [3.63, 3.8) is 0 Å². The predicted octanol–water partition coefficient (Wildman–Crippen LogP) is 7.22. The lowest BCUT2D eigenvalue weighted by atomic mass is 9.93. The summed E-state index contributed by atoms with van der Waals surface area (Å²) in [4.78, 5) is 18.4. The second-order valence-electron chi connectivity index (χ2n) is 11.3. The average molecular weight is 683 g/mol. The predicted molar refractivity (Wildman–Crippen MR) is 178 cm³/mol. The number of carbonyl (C=O) groups is 1. The number of rotatable bonds is 7. The summed E-state index contributed by atoms with van der Waals surface area (Å²) < 4.78 is 30.3. The molecule has 12 heteroatoms. The summed E-state index contributed by atoms with van der Waals surface area (Å²) in [6.07, 6.45) is -0.180. The Balaban J connectivity index is 1.71. The van der Waals surface area contributed by atoms with Crippen molar-refractivity contribution in [3.05, 3.63) is 110 Å². The van der Waals surface area contributed by atoms with Gasteiger partial charge in [-0.1, -0.05) is 58.9 Å². The Labute approximate surface area is 279 Å². The van der Waals surface area contributed by atoms with E-state index in [2.05, 4.69) is 22.3 Å². The molecule has 236 valence electrons. The molecule has 0 saturated carbocycles. The quantitative estimate of drug-likeness (QED) is 0.157. The van der Waals surface area contributed by atoms with E-state index in [9.17, 15) is 18.7 Å². The number of aliphatic hydroxyl groups is 1. The van der Waals surface area contributed by atoms with E-state index in [-0.39, 0.29) is 34.9 Å². The van der Waals surface area contributed by atoms with Gasteiger partial charge < -0.3 is 16.2 Å². The monoisotopic (exact) mass is 681 g/mol. The van der Waals surface area contributed by atoms with Gasteiger partial charge in [-0.3, -0.25) is 9.48 Å². The third kappa shape index (κ3) is 7.43. The molecule has 0 aliphatic carbocycles. The molecule has 1 atom stereocenters. The minimum absolute atomic E-state index is 0.0453. The van der Waals surface area contributed by atoms with Gasteiger partial charge in [-0.25, -0.2) is 13.8 Å². The van der Waals surface area contributed by atoms with Crippen molar-refractivity contribution in [2.45, 2.75) is 38.3 Å². The van der Waals surface area contributed by atoms with Crippen LogP contribution in [0.15, 0.2) is 60.7 Å². The molecule has 0 fully saturated rings. The first-order valence-electron chi connectivity index (χ1n) is 14.0. The van der Waals surface area contributed by atoms with Gasteiger partial charge in [0.15, 0.2) is 5.82 Å². The summed E-state index contributed by atoms with van der Waals surface area (Å²) >= 11 is 19.1. The van der Waals surface area contributed by atoms with E-state index in [1.165, 1.54) is 26.0 Å². The van der Waals surface area contributed by atoms with E-state index in [0.29, 0.717) is 43.3 Å². The lowest BCUT2D eigenvalue weighted by Gasteiger charge is -2.23. The second-order valence-corrected chi connectivity index (χ2v) is 12.4. The van der Waals surface area contributed by atoms with Gasteiger partial charge in [0, 0.05) is 24.2 Å². The number of aryl methyl sites for hydroxylation is 1. The topological polar surface area (TPSA) is 106 Å². The number of hydrogen-bond donors (Lipinski definition) is 3. The van der Waals surface area contributed by atoms with Crippen LogP contribution in [0, 0.1) is 23.5 Å². The Kier molecular flexibility index (Phi) is 9.57. The normalized spacial score (nSPS) is 12.1. The molecule has 0 aliphatic heterocycles. The van der Waals surface area contributed by atoms with Gasteiger partial charge in [0.2, 0.25) is 5.91 Å². The number of halogens is 5. The number of benzene rings is 3. The number of amides is 1. The molecule has 2 aromatic heterocycles. The molecular formula is C34H28Cl3F2N5O2. The van der Waals surface area contributed by atoms with E-state index in [4.69, 9.17) is 45.5 Å². The van der Waals surface area contributed by atoms with Gasteiger partial charge in [0.05, 0.1) is 44.1 Å². The lowest BCUT2D eigenvalue weighted by Crippen LogP contribution is -2.32. The maximum absolute atomic E-state index is 14.3. The van der Waals surface area contributed by atoms with Crippen LogP contribution in [0.25, 0.3) is 22.0 Å². The Morgan fingerprint density at radius 2 is 1.74 bits per heavy atom. The van der Waals surface area contributed by atoms with Crippen molar-refractivity contribution in [2.24, 2.45) is 7.05 Å². The standard InChI is InChI=1S/C34H28Cl3F2N5O2/c1-34(2,46)12-11-22-7-8-23(24-9-10-25(35)29-32(24)44(3)43-33(29)40)31(41-22)27(15-18-13-20(38)17-21(39)14-18)42-28(45)16-19-5-4-6-26(36)30(19)37/h4-10,13-14,17,27,46H,15-16H2,1-3H3,(H2,40,43)(H,42,45)/t27-/m0/s1. The number of anilines is 1. The van der Waals surface area contributed by atoms with Crippen molar-refractivity contribution < 1.29 is 18.7 Å². The van der Waals surface area contributed by atoms with Crippen molar-refractivity contribution in [2.75, 3.05) is 5.73 Å². The van der Waals surface area contributed by atoms with Crippen LogP contribution < -0.4 is 11.1 Å². The first-order valence-corrected chi connectivity index (χ1v) is 15.2. The zero-order valence-corrected chi connectivity index (χ0v) is 27.2. The fraction of sp³-hybridized carbons (Fsp3) is 0.206. The van der Waals surface area contributed by atoms with Crippen molar-refractivity contribution in [1.82, 2.24) is 20.1 Å². The largest absolute Gasteiger partial charge is 0.382 e. The molecule has 5 aromatic rings.